The summed E-state index contributed by atoms with van der Waals surface area (Å²) in [6.07, 6.45) is 3.04. The summed E-state index contributed by atoms with van der Waals surface area (Å²) in [5, 5.41) is 3.65. The van der Waals surface area contributed by atoms with Gasteiger partial charge in [-0.05, 0) is 19.9 Å². The Morgan fingerprint density at radius 2 is 2.09 bits per heavy atom. The van der Waals surface area contributed by atoms with Crippen molar-refractivity contribution in [2.24, 2.45) is 0 Å². The normalized spacial score (nSPS) is 10.5. The lowest BCUT2D eigenvalue weighted by Crippen LogP contribution is -2.36. The van der Waals surface area contributed by atoms with E-state index < -0.39 is 5.76 Å². The summed E-state index contributed by atoms with van der Waals surface area (Å²) in [7, 11) is 0. The third-order valence-electron chi connectivity index (χ3n) is 2.94. The molecule has 0 aliphatic carbocycles. The molecule has 8 nitrogen and oxygen atoms in total. The number of hydrogen-bond donors (Lipinski definition) is 0. The Morgan fingerprint density at radius 1 is 1.41 bits per heavy atom. The smallest absolute Gasteiger partial charge is 0.337 e. The van der Waals surface area contributed by atoms with E-state index in [0.29, 0.717) is 13.1 Å². The van der Waals surface area contributed by atoms with Crippen molar-refractivity contribution in [2.75, 3.05) is 13.1 Å². The third-order valence-corrected chi connectivity index (χ3v) is 2.94. The maximum atomic E-state index is 12.3. The molecule has 2 heterocycles. The first kappa shape index (κ1) is 15.6. The van der Waals surface area contributed by atoms with Gasteiger partial charge in [-0.1, -0.05) is 17.3 Å². The zero-order valence-electron chi connectivity index (χ0n) is 12.5. The van der Waals surface area contributed by atoms with Crippen LogP contribution in [-0.4, -0.2) is 43.6 Å². The van der Waals surface area contributed by atoms with Gasteiger partial charge in [0.15, 0.2) is 5.82 Å². The van der Waals surface area contributed by atoms with Crippen LogP contribution < -0.4 is 5.76 Å². The first-order valence-corrected chi connectivity index (χ1v) is 6.79. The molecule has 0 aliphatic rings. The molecule has 0 radical (unpaired) electrons. The van der Waals surface area contributed by atoms with Crippen LogP contribution >= 0.6 is 0 Å². The molecule has 1 amide bonds. The average Bonchev–Trinajstić information content (AvgIpc) is 2.86. The summed E-state index contributed by atoms with van der Waals surface area (Å²) in [4.78, 5) is 33.7. The Balaban J connectivity index is 2.27. The standard InChI is InChI=1S/C14H17N5O3/c1-4-18(8-10(2)3)11(20)9-19-13(17-22-14(19)21)12-15-6-5-7-16-12/h5-7H,2,4,8-9H2,1,3H3. The number of amides is 1. The van der Waals surface area contributed by atoms with Crippen molar-refractivity contribution in [1.82, 2.24) is 24.6 Å². The second-order valence-electron chi connectivity index (χ2n) is 4.80. The Labute approximate surface area is 127 Å². The van der Waals surface area contributed by atoms with Gasteiger partial charge in [0, 0.05) is 25.5 Å². The van der Waals surface area contributed by atoms with Crippen LogP contribution in [0.4, 0.5) is 0 Å². The Hall–Kier alpha value is -2.77. The fourth-order valence-electron chi connectivity index (χ4n) is 1.92. The first-order valence-electron chi connectivity index (χ1n) is 6.79. The molecule has 2 aromatic heterocycles. The predicted molar refractivity (Wildman–Crippen MR) is 78.9 cm³/mol. The van der Waals surface area contributed by atoms with E-state index in [0.717, 1.165) is 10.1 Å². The van der Waals surface area contributed by atoms with Gasteiger partial charge < -0.3 is 4.90 Å². The molecular formula is C14H17N5O3. The average molecular weight is 303 g/mol. The highest BCUT2D eigenvalue weighted by molar-refractivity contribution is 5.76. The van der Waals surface area contributed by atoms with E-state index >= 15 is 0 Å². The van der Waals surface area contributed by atoms with Gasteiger partial charge in [-0.2, -0.15) is 0 Å². The molecule has 0 fully saturated rings. The Bertz CT molecular complexity index is 720. The molecule has 0 N–H and O–H groups in total. The number of carbonyl (C=O) groups excluding carboxylic acids is 1. The van der Waals surface area contributed by atoms with Gasteiger partial charge in [0.05, 0.1) is 0 Å². The van der Waals surface area contributed by atoms with E-state index in [4.69, 9.17) is 0 Å². The van der Waals surface area contributed by atoms with Crippen molar-refractivity contribution in [1.29, 1.82) is 0 Å². The summed E-state index contributed by atoms with van der Waals surface area (Å²) in [5.74, 6) is -0.593. The number of nitrogens with zero attached hydrogens (tertiary/aromatic N) is 5. The summed E-state index contributed by atoms with van der Waals surface area (Å²) in [6.45, 7) is 8.26. The van der Waals surface area contributed by atoms with Crippen LogP contribution in [0.1, 0.15) is 13.8 Å². The van der Waals surface area contributed by atoms with Crippen LogP contribution in [0.3, 0.4) is 0 Å². The lowest BCUT2D eigenvalue weighted by molar-refractivity contribution is -0.131. The minimum Gasteiger partial charge on any atom is -0.337 e. The third kappa shape index (κ3) is 3.46. The van der Waals surface area contributed by atoms with E-state index in [2.05, 4.69) is 26.2 Å². The van der Waals surface area contributed by atoms with Crippen LogP contribution in [0, 0.1) is 0 Å². The van der Waals surface area contributed by atoms with Crippen LogP contribution in [-0.2, 0) is 11.3 Å². The molecule has 116 valence electrons. The van der Waals surface area contributed by atoms with E-state index in [1.54, 1.807) is 11.0 Å². The summed E-state index contributed by atoms with van der Waals surface area (Å²) in [6, 6.07) is 1.64. The Kier molecular flexibility index (Phi) is 4.82. The van der Waals surface area contributed by atoms with Crippen LogP contribution in [0.2, 0.25) is 0 Å². The molecule has 0 bridgehead atoms. The van der Waals surface area contributed by atoms with Crippen LogP contribution in [0.15, 0.2) is 39.9 Å². The molecule has 0 aliphatic heterocycles. The lowest BCUT2D eigenvalue weighted by Gasteiger charge is -2.20. The van der Waals surface area contributed by atoms with Crippen molar-refractivity contribution in [3.63, 3.8) is 0 Å². The van der Waals surface area contributed by atoms with Crippen molar-refractivity contribution in [3.05, 3.63) is 41.2 Å². The van der Waals surface area contributed by atoms with Gasteiger partial charge in [0.2, 0.25) is 11.7 Å². The van der Waals surface area contributed by atoms with Gasteiger partial charge in [0.25, 0.3) is 0 Å². The molecule has 0 spiro atoms. The molecule has 8 heteroatoms. The molecule has 2 aromatic rings. The topological polar surface area (TPSA) is 94.1 Å². The molecule has 0 aromatic carbocycles. The molecule has 22 heavy (non-hydrogen) atoms. The first-order chi connectivity index (χ1) is 10.5. The van der Waals surface area contributed by atoms with Gasteiger partial charge in [-0.25, -0.2) is 19.3 Å². The van der Waals surface area contributed by atoms with E-state index in [1.807, 2.05) is 13.8 Å². The second-order valence-corrected chi connectivity index (χ2v) is 4.80. The van der Waals surface area contributed by atoms with E-state index in [-0.39, 0.29) is 24.1 Å². The van der Waals surface area contributed by atoms with Crippen molar-refractivity contribution >= 4 is 5.91 Å². The van der Waals surface area contributed by atoms with Crippen molar-refractivity contribution in [2.45, 2.75) is 20.4 Å². The SMILES string of the molecule is C=C(C)CN(CC)C(=O)Cn1c(-c2ncccn2)noc1=O. The minimum absolute atomic E-state index is 0.130. The minimum atomic E-state index is -0.720. The fourth-order valence-corrected chi connectivity index (χ4v) is 1.92. The van der Waals surface area contributed by atoms with Gasteiger partial charge in [-0.3, -0.25) is 9.32 Å². The van der Waals surface area contributed by atoms with Gasteiger partial charge >= 0.3 is 5.76 Å². The summed E-state index contributed by atoms with van der Waals surface area (Å²) in [5.41, 5.74) is 0.861. The van der Waals surface area contributed by atoms with Gasteiger partial charge in [0.1, 0.15) is 6.54 Å². The maximum Gasteiger partial charge on any atom is 0.442 e. The Morgan fingerprint density at radius 3 is 2.68 bits per heavy atom. The number of carbonyl (C=O) groups is 1. The predicted octanol–water partition coefficient (Wildman–Crippen LogP) is 0.718. The summed E-state index contributed by atoms with van der Waals surface area (Å²) >= 11 is 0. The lowest BCUT2D eigenvalue weighted by atomic mass is 10.3. The number of hydrogen-bond acceptors (Lipinski definition) is 6. The maximum absolute atomic E-state index is 12.3. The molecule has 2 rings (SSSR count). The molecule has 0 unspecified atom stereocenters. The van der Waals surface area contributed by atoms with Crippen LogP contribution in [0.25, 0.3) is 11.6 Å². The highest BCUT2D eigenvalue weighted by atomic mass is 16.5. The second kappa shape index (κ2) is 6.79. The number of rotatable bonds is 6. The van der Waals surface area contributed by atoms with E-state index in [9.17, 15) is 9.59 Å². The van der Waals surface area contributed by atoms with E-state index in [1.165, 1.54) is 12.4 Å². The van der Waals surface area contributed by atoms with Gasteiger partial charge in [-0.15, -0.1) is 0 Å². The quantitative estimate of drug-likeness (QED) is 0.730. The molecular weight excluding hydrogens is 286 g/mol. The number of aromatic nitrogens is 4. The fraction of sp³-hybridized carbons (Fsp3) is 0.357. The van der Waals surface area contributed by atoms with Crippen molar-refractivity contribution < 1.29 is 9.32 Å². The highest BCUT2D eigenvalue weighted by Gasteiger charge is 2.20. The molecule has 0 saturated heterocycles. The zero-order valence-corrected chi connectivity index (χ0v) is 12.5. The molecule has 0 atom stereocenters. The highest BCUT2D eigenvalue weighted by Crippen LogP contribution is 2.09. The van der Waals surface area contributed by atoms with Crippen LogP contribution in [0.5, 0.6) is 0 Å². The van der Waals surface area contributed by atoms with Crippen molar-refractivity contribution in [3.8, 4) is 11.6 Å². The largest absolute Gasteiger partial charge is 0.442 e. The molecule has 0 saturated carbocycles. The summed E-state index contributed by atoms with van der Waals surface area (Å²) < 4.78 is 5.76. The number of likely N-dealkylation sites (N-methyl/N-ethyl adjacent to an activating group) is 1. The zero-order chi connectivity index (χ0) is 16.1. The monoisotopic (exact) mass is 303 g/mol.